The average Bonchev–Trinajstić information content (AvgIpc) is 3.20. The Labute approximate surface area is 189 Å². The third-order valence-electron chi connectivity index (χ3n) is 5.99. The molecule has 9 nitrogen and oxygen atoms in total. The van der Waals surface area contributed by atoms with E-state index in [-0.39, 0.29) is 36.3 Å². The van der Waals surface area contributed by atoms with Gasteiger partial charge in [-0.05, 0) is 38.1 Å². The topological polar surface area (TPSA) is 104 Å². The number of phenolic OH excluding ortho intramolecular Hbond substituents is 1. The van der Waals surface area contributed by atoms with E-state index in [1.165, 1.54) is 0 Å². The Bertz CT molecular complexity index is 874. The Kier molecular flexibility index (Phi) is 8.60. The molecule has 3 rings (SSSR count). The van der Waals surface area contributed by atoms with Crippen LogP contribution in [0.3, 0.4) is 0 Å². The molecule has 1 aromatic heterocycles. The van der Waals surface area contributed by atoms with Crippen molar-refractivity contribution in [1.29, 1.82) is 0 Å². The predicted octanol–water partition coefficient (Wildman–Crippen LogP) is 1.64. The number of aliphatic hydroxyl groups excluding tert-OH is 1. The van der Waals surface area contributed by atoms with Gasteiger partial charge < -0.3 is 19.8 Å². The number of ether oxygens (including phenoxy) is 1. The van der Waals surface area contributed by atoms with E-state index < -0.39 is 0 Å². The molecule has 0 radical (unpaired) electrons. The zero-order valence-corrected chi connectivity index (χ0v) is 19.2. The maximum Gasteiger partial charge on any atom is 0.222 e. The van der Waals surface area contributed by atoms with Crippen LogP contribution in [0.2, 0.25) is 0 Å². The second-order valence-corrected chi connectivity index (χ2v) is 8.82. The number of aryl methyl sites for hydroxylation is 1. The standard InChI is InChI=1S/C23H35N5O4/c1-17-12-27(18(2)15-29)23(31)8-5-9-28-20(11-24-25-28)16-32-22(17)14-26(3)13-19-6-4-7-21(30)10-19/h4,6-7,10-11,17-18,22,29-30H,5,8-9,12-16H2,1-3H3/t17-,18+,22-/m0/s1. The lowest BCUT2D eigenvalue weighted by Gasteiger charge is -2.35. The van der Waals surface area contributed by atoms with Gasteiger partial charge in [0, 0.05) is 38.5 Å². The molecular weight excluding hydrogens is 410 g/mol. The number of likely N-dealkylation sites (N-methyl/N-ethyl adjacent to an activating group) is 1. The van der Waals surface area contributed by atoms with E-state index in [2.05, 4.69) is 22.1 Å². The number of hydrogen-bond donors (Lipinski definition) is 2. The molecule has 0 saturated carbocycles. The van der Waals surface area contributed by atoms with Crippen molar-refractivity contribution in [2.24, 2.45) is 5.92 Å². The van der Waals surface area contributed by atoms with Crippen molar-refractivity contribution >= 4 is 5.91 Å². The number of benzene rings is 1. The first-order valence-electron chi connectivity index (χ1n) is 11.2. The van der Waals surface area contributed by atoms with Gasteiger partial charge >= 0.3 is 0 Å². The summed E-state index contributed by atoms with van der Waals surface area (Å²) in [5, 5.41) is 27.6. The fraction of sp³-hybridized carbons (Fsp3) is 0.609. The van der Waals surface area contributed by atoms with Gasteiger partial charge in [-0.15, -0.1) is 5.10 Å². The lowest BCUT2D eigenvalue weighted by Crippen LogP contribution is -2.47. The summed E-state index contributed by atoms with van der Waals surface area (Å²) in [6, 6.07) is 6.99. The molecule has 1 aromatic carbocycles. The van der Waals surface area contributed by atoms with Gasteiger partial charge in [0.15, 0.2) is 0 Å². The fourth-order valence-corrected chi connectivity index (χ4v) is 4.08. The van der Waals surface area contributed by atoms with Crippen LogP contribution >= 0.6 is 0 Å². The third kappa shape index (κ3) is 6.51. The highest BCUT2D eigenvalue weighted by molar-refractivity contribution is 5.76. The molecule has 0 aliphatic carbocycles. The van der Waals surface area contributed by atoms with Gasteiger partial charge in [-0.1, -0.05) is 24.3 Å². The number of aromatic nitrogens is 3. The molecule has 176 valence electrons. The van der Waals surface area contributed by atoms with Crippen LogP contribution in [0.4, 0.5) is 0 Å². The lowest BCUT2D eigenvalue weighted by molar-refractivity contribution is -0.136. The minimum Gasteiger partial charge on any atom is -0.508 e. The largest absolute Gasteiger partial charge is 0.508 e. The zero-order valence-electron chi connectivity index (χ0n) is 19.2. The van der Waals surface area contributed by atoms with E-state index >= 15 is 0 Å². The Morgan fingerprint density at radius 2 is 2.19 bits per heavy atom. The molecule has 32 heavy (non-hydrogen) atoms. The molecule has 0 saturated heterocycles. The monoisotopic (exact) mass is 445 g/mol. The average molecular weight is 446 g/mol. The van der Waals surface area contributed by atoms with Crippen LogP contribution in [0.1, 0.15) is 37.9 Å². The number of rotatable bonds is 6. The van der Waals surface area contributed by atoms with Crippen LogP contribution < -0.4 is 0 Å². The predicted molar refractivity (Wildman–Crippen MR) is 120 cm³/mol. The van der Waals surface area contributed by atoms with E-state index in [0.717, 1.165) is 11.3 Å². The van der Waals surface area contributed by atoms with Gasteiger partial charge in [-0.2, -0.15) is 0 Å². The number of amides is 1. The SMILES string of the molecule is C[C@H](CO)N1C[C@H](C)[C@H](CN(C)Cc2cccc(O)c2)OCc2cnnn2CCCC1=O. The van der Waals surface area contributed by atoms with E-state index in [0.29, 0.717) is 45.6 Å². The first-order chi connectivity index (χ1) is 15.4. The minimum absolute atomic E-state index is 0.0347. The van der Waals surface area contributed by atoms with E-state index in [1.54, 1.807) is 27.9 Å². The van der Waals surface area contributed by atoms with Gasteiger partial charge in [0.2, 0.25) is 5.91 Å². The summed E-state index contributed by atoms with van der Waals surface area (Å²) in [6.45, 7) is 6.70. The summed E-state index contributed by atoms with van der Waals surface area (Å²) in [5.41, 5.74) is 1.91. The Hall–Kier alpha value is -2.49. The van der Waals surface area contributed by atoms with Crippen molar-refractivity contribution in [3.05, 3.63) is 41.7 Å². The molecule has 1 amide bonds. The smallest absolute Gasteiger partial charge is 0.222 e. The number of phenols is 1. The Morgan fingerprint density at radius 1 is 1.38 bits per heavy atom. The van der Waals surface area contributed by atoms with E-state index in [4.69, 9.17) is 4.74 Å². The molecule has 0 spiro atoms. The molecule has 3 atom stereocenters. The van der Waals surface area contributed by atoms with Crippen LogP contribution in [-0.2, 0) is 29.2 Å². The summed E-state index contributed by atoms with van der Waals surface area (Å²) in [4.78, 5) is 16.9. The summed E-state index contributed by atoms with van der Waals surface area (Å²) >= 11 is 0. The number of aromatic hydroxyl groups is 1. The van der Waals surface area contributed by atoms with Crippen LogP contribution in [0.25, 0.3) is 0 Å². The van der Waals surface area contributed by atoms with E-state index in [9.17, 15) is 15.0 Å². The van der Waals surface area contributed by atoms with Crippen LogP contribution in [0, 0.1) is 5.92 Å². The van der Waals surface area contributed by atoms with Crippen LogP contribution in [0.5, 0.6) is 5.75 Å². The van der Waals surface area contributed by atoms with Crippen LogP contribution in [-0.4, -0.2) is 79.8 Å². The van der Waals surface area contributed by atoms with Crippen molar-refractivity contribution in [2.45, 2.75) is 58.5 Å². The maximum atomic E-state index is 12.9. The highest BCUT2D eigenvalue weighted by Crippen LogP contribution is 2.19. The number of carbonyl (C=O) groups excluding carboxylic acids is 1. The Morgan fingerprint density at radius 3 is 2.94 bits per heavy atom. The number of aliphatic hydroxyl groups is 1. The van der Waals surface area contributed by atoms with Gasteiger partial charge in [-0.25, -0.2) is 4.68 Å². The fourth-order valence-electron chi connectivity index (χ4n) is 4.08. The molecular formula is C23H35N5O4. The van der Waals surface area contributed by atoms with Crippen molar-refractivity contribution in [3.63, 3.8) is 0 Å². The zero-order chi connectivity index (χ0) is 23.1. The summed E-state index contributed by atoms with van der Waals surface area (Å²) in [6.07, 6.45) is 2.63. The Balaban J connectivity index is 1.77. The van der Waals surface area contributed by atoms with E-state index in [1.807, 2.05) is 26.1 Å². The quantitative estimate of drug-likeness (QED) is 0.697. The van der Waals surface area contributed by atoms with Gasteiger partial charge in [0.1, 0.15) is 5.75 Å². The summed E-state index contributed by atoms with van der Waals surface area (Å²) < 4.78 is 8.15. The summed E-state index contributed by atoms with van der Waals surface area (Å²) in [5.74, 6) is 0.329. The second-order valence-electron chi connectivity index (χ2n) is 8.82. The molecule has 1 aliphatic heterocycles. The number of nitrogens with zero attached hydrogens (tertiary/aromatic N) is 5. The molecule has 2 aromatic rings. The van der Waals surface area contributed by atoms with Crippen molar-refractivity contribution in [3.8, 4) is 5.75 Å². The second kappa shape index (κ2) is 11.4. The van der Waals surface area contributed by atoms with Gasteiger partial charge in [-0.3, -0.25) is 9.69 Å². The lowest BCUT2D eigenvalue weighted by atomic mass is 10.0. The first kappa shape index (κ1) is 24.2. The molecule has 0 bridgehead atoms. The highest BCUT2D eigenvalue weighted by atomic mass is 16.5. The molecule has 9 heteroatoms. The number of hydrogen-bond acceptors (Lipinski definition) is 7. The van der Waals surface area contributed by atoms with Crippen molar-refractivity contribution in [2.75, 3.05) is 26.7 Å². The van der Waals surface area contributed by atoms with Crippen LogP contribution in [0.15, 0.2) is 30.5 Å². The first-order valence-corrected chi connectivity index (χ1v) is 11.2. The molecule has 1 aliphatic rings. The normalized spacial score (nSPS) is 21.7. The van der Waals surface area contributed by atoms with Crippen molar-refractivity contribution < 1.29 is 19.7 Å². The maximum absolute atomic E-state index is 12.9. The third-order valence-corrected chi connectivity index (χ3v) is 5.99. The summed E-state index contributed by atoms with van der Waals surface area (Å²) in [7, 11) is 2.02. The van der Waals surface area contributed by atoms with Crippen molar-refractivity contribution in [1.82, 2.24) is 24.8 Å². The molecule has 0 fully saturated rings. The van der Waals surface area contributed by atoms with Gasteiger partial charge in [0.25, 0.3) is 0 Å². The minimum atomic E-state index is -0.250. The molecule has 2 heterocycles. The molecule has 0 unspecified atom stereocenters. The highest BCUT2D eigenvalue weighted by Gasteiger charge is 2.28. The number of fused-ring (bicyclic) bond motifs is 1. The van der Waals surface area contributed by atoms with Gasteiger partial charge in [0.05, 0.1) is 37.3 Å². The molecule has 2 N–H and O–H groups in total. The number of carbonyl (C=O) groups is 1.